The Balaban J connectivity index is -0.000000372. The maximum Gasteiger partial charge on any atom is 1.00 e. The summed E-state index contributed by atoms with van der Waals surface area (Å²) in [7, 11) is -9.48. The normalized spacial score (nSPS) is 13.7. The van der Waals surface area contributed by atoms with Gasteiger partial charge in [-0.1, -0.05) is 136 Å². The minimum Gasteiger partial charge on any atom is -0.810 e. The van der Waals surface area contributed by atoms with Gasteiger partial charge in [0.05, 0.1) is 0 Å². The Bertz CT molecular complexity index is 1230. The van der Waals surface area contributed by atoms with Gasteiger partial charge in [0, 0.05) is 11.3 Å². The summed E-state index contributed by atoms with van der Waals surface area (Å²) in [6, 6.07) is 6.67. The number of hydrogen-bond acceptors (Lipinski definition) is 8. The van der Waals surface area contributed by atoms with Gasteiger partial charge in [-0.15, -0.1) is 0 Å². The molecule has 0 heterocycles. The molecular formula is C34H54K4O8P2. The van der Waals surface area contributed by atoms with E-state index < -0.39 is 26.5 Å². The number of benzene rings is 2. The van der Waals surface area contributed by atoms with Crippen LogP contribution < -0.4 is 225 Å². The Morgan fingerprint density at radius 2 is 0.667 bits per heavy atom. The van der Waals surface area contributed by atoms with Crippen molar-refractivity contribution in [1.82, 2.24) is 0 Å². The molecule has 0 aliphatic carbocycles. The van der Waals surface area contributed by atoms with Crippen molar-refractivity contribution in [3.05, 3.63) is 57.6 Å². The van der Waals surface area contributed by atoms with E-state index in [1.54, 1.807) is 38.1 Å². The second-order valence-electron chi connectivity index (χ2n) is 15.9. The van der Waals surface area contributed by atoms with Crippen LogP contribution in [0.2, 0.25) is 0 Å². The fourth-order valence-electron chi connectivity index (χ4n) is 5.27. The van der Waals surface area contributed by atoms with E-state index in [0.717, 1.165) is 0 Å². The van der Waals surface area contributed by atoms with Gasteiger partial charge in [0.15, 0.2) is 0 Å². The second kappa shape index (κ2) is 22.7. The van der Waals surface area contributed by atoms with Gasteiger partial charge in [0.2, 0.25) is 0 Å². The molecule has 2 unspecified atom stereocenters. The van der Waals surface area contributed by atoms with E-state index in [0.29, 0.717) is 33.4 Å². The zero-order valence-corrected chi connectivity index (χ0v) is 47.4. The molecule has 0 amide bonds. The third kappa shape index (κ3) is 17.6. The number of phenols is 2. The van der Waals surface area contributed by atoms with Crippen LogP contribution in [0.25, 0.3) is 0 Å². The molecule has 14 heteroatoms. The van der Waals surface area contributed by atoms with Crippen molar-refractivity contribution < 1.29 is 244 Å². The summed E-state index contributed by atoms with van der Waals surface area (Å²) in [6.07, 6.45) is 0.449. The first kappa shape index (κ1) is 59.6. The average Bonchev–Trinajstić information content (AvgIpc) is 2.77. The predicted molar refractivity (Wildman–Crippen MR) is 172 cm³/mol. The van der Waals surface area contributed by atoms with Crippen LogP contribution in [0.4, 0.5) is 0 Å². The van der Waals surface area contributed by atoms with E-state index in [9.17, 15) is 38.9 Å². The summed E-state index contributed by atoms with van der Waals surface area (Å²) < 4.78 is 23.2. The molecule has 252 valence electrons. The van der Waals surface area contributed by atoms with Gasteiger partial charge in [-0.3, -0.25) is 0 Å². The number of phenolic OH excluding ortho intramolecular Hbond substituents is 2. The molecular weight excluding hydrogens is 755 g/mol. The molecule has 2 aromatic rings. The fourth-order valence-corrected chi connectivity index (χ4v) is 7.19. The van der Waals surface area contributed by atoms with Gasteiger partial charge < -0.3 is 38.9 Å². The van der Waals surface area contributed by atoms with E-state index in [1.165, 1.54) is 0 Å². The van der Waals surface area contributed by atoms with Crippen LogP contribution >= 0.6 is 15.2 Å². The molecule has 2 rings (SSSR count). The molecule has 0 radical (unpaired) electrons. The average molecular weight is 809 g/mol. The van der Waals surface area contributed by atoms with Crippen LogP contribution in [0.3, 0.4) is 0 Å². The van der Waals surface area contributed by atoms with Crippen molar-refractivity contribution in [2.75, 3.05) is 0 Å². The Hall–Kier alpha value is 4.89. The van der Waals surface area contributed by atoms with Crippen LogP contribution in [-0.2, 0) is 30.8 Å². The largest absolute Gasteiger partial charge is 1.00 e. The summed E-state index contributed by atoms with van der Waals surface area (Å²) in [6.45, 7) is 26.8. The van der Waals surface area contributed by atoms with Gasteiger partial charge in [0.25, 0.3) is 0 Å². The van der Waals surface area contributed by atoms with Crippen LogP contribution in [0.15, 0.2) is 24.3 Å². The number of aromatic hydroxyl groups is 2. The van der Waals surface area contributed by atoms with E-state index in [1.807, 2.05) is 83.1 Å². The molecule has 0 fully saturated rings. The van der Waals surface area contributed by atoms with E-state index >= 15 is 0 Å². The van der Waals surface area contributed by atoms with Crippen molar-refractivity contribution >= 4 is 15.2 Å². The second-order valence-corrected chi connectivity index (χ2v) is 19.3. The summed E-state index contributed by atoms with van der Waals surface area (Å²) in [5, 5.41) is 21.2. The smallest absolute Gasteiger partial charge is 0.810 e. The summed E-state index contributed by atoms with van der Waals surface area (Å²) in [5.41, 5.74) is 0.0924. The zero-order chi connectivity index (χ0) is 35.0. The standard InChI is InChI=1S/2C17H29O4P.4K/c2*1-8-14(22(19,20)21)11-9-12(16(2,3)4)15(18)13(10-11)17(5,6)7;;;;/h2*9-10,14,18H,8H2,1-7H3,(H2,19,20,21);;;;/q;;4*+1/p-4. The molecule has 2 atom stereocenters. The van der Waals surface area contributed by atoms with Crippen molar-refractivity contribution in [3.63, 3.8) is 0 Å². The van der Waals surface area contributed by atoms with Crippen LogP contribution in [-0.4, -0.2) is 10.2 Å². The molecule has 0 saturated heterocycles. The SMILES string of the molecule is CCC(c1cc(C(C)(C)C)c(O)c(C(C)(C)C)c1)P(=O)([O-])[O-].CCC(c1cc(C(C)(C)C)c(O)c(C(C)(C)C)c1)P(=O)([O-])[O-].[K+].[K+].[K+].[K+]. The Morgan fingerprint density at radius 3 is 0.771 bits per heavy atom. The maximum atomic E-state index is 11.6. The molecule has 2 aromatic carbocycles. The molecule has 0 saturated carbocycles. The van der Waals surface area contributed by atoms with Crippen LogP contribution in [0, 0.1) is 0 Å². The minimum atomic E-state index is -4.74. The van der Waals surface area contributed by atoms with Crippen LogP contribution in [0.5, 0.6) is 11.5 Å². The monoisotopic (exact) mass is 808 g/mol. The predicted octanol–water partition coefficient (Wildman–Crippen LogP) is -5.28. The summed E-state index contributed by atoms with van der Waals surface area (Å²) in [5.74, 6) is 0.371. The third-order valence-corrected chi connectivity index (χ3v) is 10.7. The Morgan fingerprint density at radius 1 is 0.500 bits per heavy atom. The van der Waals surface area contributed by atoms with E-state index in [-0.39, 0.29) is 252 Å². The molecule has 8 nitrogen and oxygen atoms in total. The molecule has 0 aliphatic heterocycles. The van der Waals surface area contributed by atoms with Crippen molar-refractivity contribution in [1.29, 1.82) is 0 Å². The van der Waals surface area contributed by atoms with Crippen molar-refractivity contribution in [2.24, 2.45) is 0 Å². The third-order valence-electron chi connectivity index (χ3n) is 7.80. The maximum absolute atomic E-state index is 11.6. The van der Waals surface area contributed by atoms with E-state index in [4.69, 9.17) is 0 Å². The molecule has 2 N–H and O–H groups in total. The van der Waals surface area contributed by atoms with Gasteiger partial charge in [-0.05, 0) is 67.9 Å². The number of hydrogen-bond donors (Lipinski definition) is 2. The number of rotatable bonds is 6. The molecule has 48 heavy (non-hydrogen) atoms. The van der Waals surface area contributed by atoms with Gasteiger partial charge in [0.1, 0.15) is 11.5 Å². The molecule has 0 aromatic heterocycles. The van der Waals surface area contributed by atoms with Gasteiger partial charge in [-0.2, -0.15) is 0 Å². The van der Waals surface area contributed by atoms with Crippen molar-refractivity contribution in [2.45, 2.75) is 143 Å². The molecule has 0 bridgehead atoms. The first-order chi connectivity index (χ1) is 19.4. The molecule has 0 aliphatic rings. The topological polar surface area (TPSA) is 167 Å². The zero-order valence-electron chi connectivity index (χ0n) is 33.1. The van der Waals surface area contributed by atoms with E-state index in [2.05, 4.69) is 0 Å². The first-order valence-corrected chi connectivity index (χ1v) is 18.4. The molecule has 0 spiro atoms. The fraction of sp³-hybridized carbons (Fsp3) is 0.647. The quantitative estimate of drug-likeness (QED) is 0.216. The Labute approximate surface area is 461 Å². The summed E-state index contributed by atoms with van der Waals surface area (Å²) >= 11 is 0. The first-order valence-electron chi connectivity index (χ1n) is 15.2. The van der Waals surface area contributed by atoms with Crippen molar-refractivity contribution in [3.8, 4) is 11.5 Å². The Kier molecular flexibility index (Phi) is 28.2. The van der Waals surface area contributed by atoms with Gasteiger partial charge >= 0.3 is 206 Å². The van der Waals surface area contributed by atoms with Crippen LogP contribution in [0.1, 0.15) is 154 Å². The summed E-state index contributed by atoms with van der Waals surface area (Å²) in [4.78, 5) is 46.3. The van der Waals surface area contributed by atoms with Gasteiger partial charge in [-0.25, -0.2) is 0 Å². The minimum absolute atomic E-state index is 0.